The SMILES string of the molecule is CCOC(=O)N1CCCC(Oc2cccnn2)C1. The molecule has 0 aromatic carbocycles. The zero-order valence-corrected chi connectivity index (χ0v) is 10.4. The van der Waals surface area contributed by atoms with Crippen molar-refractivity contribution in [1.82, 2.24) is 15.1 Å². The summed E-state index contributed by atoms with van der Waals surface area (Å²) in [7, 11) is 0. The molecule has 2 heterocycles. The Morgan fingerprint density at radius 1 is 1.61 bits per heavy atom. The molecule has 1 aliphatic rings. The van der Waals surface area contributed by atoms with Gasteiger partial charge in [0.1, 0.15) is 6.10 Å². The molecule has 18 heavy (non-hydrogen) atoms. The fourth-order valence-corrected chi connectivity index (χ4v) is 1.94. The third kappa shape index (κ3) is 3.32. The van der Waals surface area contributed by atoms with Crippen LogP contribution in [0.25, 0.3) is 0 Å². The van der Waals surface area contributed by atoms with E-state index in [0.29, 0.717) is 19.0 Å². The van der Waals surface area contributed by atoms with Crippen LogP contribution in [-0.2, 0) is 4.74 Å². The lowest BCUT2D eigenvalue weighted by Gasteiger charge is -2.31. The molecule has 1 aromatic rings. The van der Waals surface area contributed by atoms with E-state index in [9.17, 15) is 4.79 Å². The van der Waals surface area contributed by atoms with Gasteiger partial charge in [0.25, 0.3) is 0 Å². The number of aromatic nitrogens is 2. The molecule has 1 aromatic heterocycles. The molecule has 1 aliphatic heterocycles. The summed E-state index contributed by atoms with van der Waals surface area (Å²) in [6.07, 6.45) is 3.10. The Morgan fingerprint density at radius 3 is 3.22 bits per heavy atom. The fraction of sp³-hybridized carbons (Fsp3) is 0.583. The van der Waals surface area contributed by atoms with Gasteiger partial charge in [-0.3, -0.25) is 0 Å². The number of hydrogen-bond acceptors (Lipinski definition) is 5. The zero-order valence-electron chi connectivity index (χ0n) is 10.4. The topological polar surface area (TPSA) is 64.5 Å². The number of nitrogens with zero attached hydrogens (tertiary/aromatic N) is 3. The van der Waals surface area contributed by atoms with Gasteiger partial charge in [-0.1, -0.05) is 0 Å². The van der Waals surface area contributed by atoms with Crippen LogP contribution in [0.1, 0.15) is 19.8 Å². The molecule has 0 saturated carbocycles. The zero-order chi connectivity index (χ0) is 12.8. The largest absolute Gasteiger partial charge is 0.471 e. The second-order valence-corrected chi connectivity index (χ2v) is 4.09. The van der Waals surface area contributed by atoms with Crippen molar-refractivity contribution in [2.45, 2.75) is 25.9 Å². The highest BCUT2D eigenvalue weighted by molar-refractivity contribution is 5.67. The normalized spacial score (nSPS) is 19.4. The van der Waals surface area contributed by atoms with Crippen molar-refractivity contribution >= 4 is 6.09 Å². The lowest BCUT2D eigenvalue weighted by molar-refractivity contribution is 0.0591. The molecule has 0 N–H and O–H groups in total. The van der Waals surface area contributed by atoms with Gasteiger partial charge < -0.3 is 14.4 Å². The van der Waals surface area contributed by atoms with E-state index in [-0.39, 0.29) is 12.2 Å². The summed E-state index contributed by atoms with van der Waals surface area (Å²) in [6.45, 7) is 3.45. The van der Waals surface area contributed by atoms with Crippen LogP contribution in [-0.4, -0.2) is 47.0 Å². The van der Waals surface area contributed by atoms with E-state index in [4.69, 9.17) is 9.47 Å². The van der Waals surface area contributed by atoms with E-state index < -0.39 is 0 Å². The van der Waals surface area contributed by atoms with Crippen molar-refractivity contribution in [3.63, 3.8) is 0 Å². The summed E-state index contributed by atoms with van der Waals surface area (Å²) in [5, 5.41) is 7.63. The van der Waals surface area contributed by atoms with Crippen LogP contribution in [0.2, 0.25) is 0 Å². The summed E-state index contributed by atoms with van der Waals surface area (Å²) < 4.78 is 10.7. The van der Waals surface area contributed by atoms with Gasteiger partial charge in [0.15, 0.2) is 0 Å². The third-order valence-corrected chi connectivity index (χ3v) is 2.74. The fourth-order valence-electron chi connectivity index (χ4n) is 1.94. The Kier molecular flexibility index (Phi) is 4.33. The standard InChI is InChI=1S/C12H17N3O3/c1-2-17-12(16)15-8-4-5-10(9-15)18-11-6-3-7-13-14-11/h3,6-7,10H,2,4-5,8-9H2,1H3. The van der Waals surface area contributed by atoms with Crippen molar-refractivity contribution in [3.8, 4) is 5.88 Å². The first-order valence-electron chi connectivity index (χ1n) is 6.15. The number of carbonyl (C=O) groups excluding carboxylic acids is 1. The number of ether oxygens (including phenoxy) is 2. The average molecular weight is 251 g/mol. The van der Waals surface area contributed by atoms with E-state index >= 15 is 0 Å². The molecule has 2 rings (SSSR count). The van der Waals surface area contributed by atoms with Crippen LogP contribution in [0, 0.1) is 0 Å². The van der Waals surface area contributed by atoms with E-state index in [1.54, 1.807) is 30.2 Å². The van der Waals surface area contributed by atoms with Crippen LogP contribution in [0.4, 0.5) is 4.79 Å². The average Bonchev–Trinajstić information content (AvgIpc) is 2.40. The van der Waals surface area contributed by atoms with Gasteiger partial charge >= 0.3 is 6.09 Å². The van der Waals surface area contributed by atoms with Gasteiger partial charge in [-0.15, -0.1) is 5.10 Å². The quantitative estimate of drug-likeness (QED) is 0.814. The first kappa shape index (κ1) is 12.6. The number of hydrogen-bond donors (Lipinski definition) is 0. The maximum Gasteiger partial charge on any atom is 0.409 e. The molecule has 1 atom stereocenters. The number of piperidine rings is 1. The molecule has 98 valence electrons. The van der Waals surface area contributed by atoms with E-state index in [1.807, 2.05) is 0 Å². The van der Waals surface area contributed by atoms with E-state index in [2.05, 4.69) is 10.2 Å². The summed E-state index contributed by atoms with van der Waals surface area (Å²) >= 11 is 0. The first-order valence-corrected chi connectivity index (χ1v) is 6.15. The van der Waals surface area contributed by atoms with Crippen LogP contribution in [0.3, 0.4) is 0 Å². The molecule has 1 amide bonds. The van der Waals surface area contributed by atoms with Crippen molar-refractivity contribution in [3.05, 3.63) is 18.3 Å². The highest BCUT2D eigenvalue weighted by atomic mass is 16.6. The van der Waals surface area contributed by atoms with Crippen LogP contribution < -0.4 is 4.74 Å². The molecule has 6 nitrogen and oxygen atoms in total. The second-order valence-electron chi connectivity index (χ2n) is 4.09. The van der Waals surface area contributed by atoms with Crippen LogP contribution in [0.5, 0.6) is 5.88 Å². The Bertz CT molecular complexity index is 385. The minimum Gasteiger partial charge on any atom is -0.471 e. The van der Waals surface area contributed by atoms with Crippen LogP contribution in [0.15, 0.2) is 18.3 Å². The highest BCUT2D eigenvalue weighted by Crippen LogP contribution is 2.16. The molecule has 1 unspecified atom stereocenters. The lowest BCUT2D eigenvalue weighted by Crippen LogP contribution is -2.44. The molecule has 0 radical (unpaired) electrons. The molecular formula is C12H17N3O3. The van der Waals surface area contributed by atoms with Gasteiger partial charge in [0.05, 0.1) is 13.2 Å². The lowest BCUT2D eigenvalue weighted by atomic mass is 10.1. The molecule has 1 fully saturated rings. The van der Waals surface area contributed by atoms with Crippen molar-refractivity contribution in [1.29, 1.82) is 0 Å². The molecule has 0 bridgehead atoms. The summed E-state index contributed by atoms with van der Waals surface area (Å²) in [5.74, 6) is 0.494. The molecule has 0 aliphatic carbocycles. The number of amides is 1. The number of rotatable bonds is 3. The monoisotopic (exact) mass is 251 g/mol. The Morgan fingerprint density at radius 2 is 2.50 bits per heavy atom. The van der Waals surface area contributed by atoms with E-state index in [0.717, 1.165) is 19.4 Å². The predicted octanol–water partition coefficient (Wildman–Crippen LogP) is 1.48. The molecular weight excluding hydrogens is 234 g/mol. The minimum absolute atomic E-state index is 0.0418. The van der Waals surface area contributed by atoms with Crippen LogP contribution >= 0.6 is 0 Å². The Labute approximate surface area is 106 Å². The summed E-state index contributed by atoms with van der Waals surface area (Å²) in [5.41, 5.74) is 0. The van der Waals surface area contributed by atoms with Crippen molar-refractivity contribution < 1.29 is 14.3 Å². The molecule has 0 spiro atoms. The minimum atomic E-state index is -0.273. The van der Waals surface area contributed by atoms with Gasteiger partial charge in [-0.25, -0.2) is 4.79 Å². The van der Waals surface area contributed by atoms with Gasteiger partial charge in [-0.05, 0) is 25.8 Å². The Hall–Kier alpha value is -1.85. The summed E-state index contributed by atoms with van der Waals surface area (Å²) in [4.78, 5) is 13.3. The van der Waals surface area contributed by atoms with Crippen molar-refractivity contribution in [2.24, 2.45) is 0 Å². The Balaban J connectivity index is 1.89. The van der Waals surface area contributed by atoms with Gasteiger partial charge in [0, 0.05) is 18.8 Å². The number of likely N-dealkylation sites (tertiary alicyclic amines) is 1. The smallest absolute Gasteiger partial charge is 0.409 e. The van der Waals surface area contributed by atoms with Crippen molar-refractivity contribution in [2.75, 3.05) is 19.7 Å². The maximum absolute atomic E-state index is 11.6. The molecule has 1 saturated heterocycles. The third-order valence-electron chi connectivity index (χ3n) is 2.74. The number of carbonyl (C=O) groups is 1. The van der Waals surface area contributed by atoms with E-state index in [1.165, 1.54) is 0 Å². The highest BCUT2D eigenvalue weighted by Gasteiger charge is 2.25. The second kappa shape index (κ2) is 6.18. The predicted molar refractivity (Wildman–Crippen MR) is 64.3 cm³/mol. The van der Waals surface area contributed by atoms with Gasteiger partial charge in [0.2, 0.25) is 5.88 Å². The molecule has 6 heteroatoms. The van der Waals surface area contributed by atoms with Gasteiger partial charge in [-0.2, -0.15) is 5.10 Å². The maximum atomic E-state index is 11.6. The first-order chi connectivity index (χ1) is 8.79. The summed E-state index contributed by atoms with van der Waals surface area (Å²) in [6, 6.07) is 3.53.